The molecule has 0 aliphatic rings. The molecule has 3 heteroatoms. The van der Waals surface area contributed by atoms with Gasteiger partial charge in [-0.2, -0.15) is 0 Å². The Morgan fingerprint density at radius 3 is 2.79 bits per heavy atom. The number of carbonyl (C=O) groups excluding carboxylic acids is 1. The summed E-state index contributed by atoms with van der Waals surface area (Å²) in [5.74, 6) is 1.27. The van der Waals surface area contributed by atoms with E-state index in [2.05, 4.69) is 11.9 Å². The van der Waals surface area contributed by atoms with Gasteiger partial charge in [-0.3, -0.25) is 4.98 Å². The zero-order valence-electron chi connectivity index (χ0n) is 12.3. The van der Waals surface area contributed by atoms with Crippen LogP contribution in [0.4, 0.5) is 0 Å². The van der Waals surface area contributed by atoms with Crippen molar-refractivity contribution in [2.75, 3.05) is 7.11 Å². The third-order valence-electron chi connectivity index (χ3n) is 3.35. The monoisotopic (exact) mass is 263 g/mol. The third-order valence-corrected chi connectivity index (χ3v) is 3.35. The molecule has 0 bridgehead atoms. The van der Waals surface area contributed by atoms with E-state index < -0.39 is 0 Å². The molecule has 0 amide bonds. The summed E-state index contributed by atoms with van der Waals surface area (Å²) in [6.45, 7) is 3.86. The molecule has 0 aromatic carbocycles. The normalized spacial score (nSPS) is 12.2. The van der Waals surface area contributed by atoms with Crippen molar-refractivity contribution in [1.29, 1.82) is 0 Å². The molecule has 0 fully saturated rings. The number of ether oxygens (including phenoxy) is 1. The van der Waals surface area contributed by atoms with Gasteiger partial charge in [0.15, 0.2) is 0 Å². The summed E-state index contributed by atoms with van der Waals surface area (Å²) < 4.78 is 5.23. The van der Waals surface area contributed by atoms with Crippen LogP contribution < -0.4 is 4.74 Å². The number of hydrogen-bond acceptors (Lipinski definition) is 3. The molecule has 1 heterocycles. The van der Waals surface area contributed by atoms with Crippen LogP contribution in [0.25, 0.3) is 0 Å². The second kappa shape index (κ2) is 8.68. The van der Waals surface area contributed by atoms with Gasteiger partial charge in [0.05, 0.1) is 7.11 Å². The molecule has 1 aromatic rings. The first-order chi connectivity index (χ1) is 9.17. The number of carbonyl (C=O) groups is 1. The highest BCUT2D eigenvalue weighted by molar-refractivity contribution is 5.76. The highest BCUT2D eigenvalue weighted by atomic mass is 16.5. The van der Waals surface area contributed by atoms with Crippen molar-refractivity contribution in [3.8, 4) is 5.75 Å². The quantitative estimate of drug-likeness (QED) is 0.629. The Hall–Kier alpha value is -1.38. The maximum atomic E-state index is 11.4. The van der Waals surface area contributed by atoms with E-state index in [1.807, 2.05) is 12.1 Å². The van der Waals surface area contributed by atoms with E-state index >= 15 is 0 Å². The van der Waals surface area contributed by atoms with Crippen molar-refractivity contribution in [2.24, 2.45) is 0 Å². The van der Waals surface area contributed by atoms with Crippen LogP contribution in [0.2, 0.25) is 0 Å². The number of pyridine rings is 1. The largest absolute Gasteiger partial charge is 0.497 e. The van der Waals surface area contributed by atoms with Crippen LogP contribution in [-0.4, -0.2) is 17.9 Å². The lowest BCUT2D eigenvalue weighted by atomic mass is 9.92. The third kappa shape index (κ3) is 5.86. The summed E-state index contributed by atoms with van der Waals surface area (Å²) in [5, 5.41) is 0. The smallest absolute Gasteiger partial charge is 0.130 e. The van der Waals surface area contributed by atoms with E-state index in [4.69, 9.17) is 4.74 Å². The standard InChI is InChI=1S/C16H25NO2/c1-4-5-6-7-8-14(11-13(2)18)16-12-15(19-3)9-10-17-16/h9-10,12,14H,4-8,11H2,1-3H3. The van der Waals surface area contributed by atoms with E-state index in [0.717, 1.165) is 24.3 Å². The van der Waals surface area contributed by atoms with Gasteiger partial charge in [-0.15, -0.1) is 0 Å². The van der Waals surface area contributed by atoms with Crippen LogP contribution in [0.15, 0.2) is 18.3 Å². The summed E-state index contributed by atoms with van der Waals surface area (Å²) in [6.07, 6.45) is 8.24. The topological polar surface area (TPSA) is 39.2 Å². The molecular formula is C16H25NO2. The fourth-order valence-corrected chi connectivity index (χ4v) is 2.30. The number of rotatable bonds is 9. The Morgan fingerprint density at radius 1 is 1.37 bits per heavy atom. The number of nitrogens with zero attached hydrogens (tertiary/aromatic N) is 1. The van der Waals surface area contributed by atoms with Gasteiger partial charge >= 0.3 is 0 Å². The Balaban J connectivity index is 2.68. The Bertz CT molecular complexity index is 390. The predicted octanol–water partition coefficient (Wildman–Crippen LogP) is 4.12. The van der Waals surface area contributed by atoms with Gasteiger partial charge in [0, 0.05) is 30.3 Å². The fraction of sp³-hybridized carbons (Fsp3) is 0.625. The van der Waals surface area contributed by atoms with Gasteiger partial charge < -0.3 is 9.53 Å². The maximum Gasteiger partial charge on any atom is 0.130 e. The number of unbranched alkanes of at least 4 members (excludes halogenated alkanes) is 3. The molecule has 0 saturated carbocycles. The Kier molecular flexibility index (Phi) is 7.16. The summed E-state index contributed by atoms with van der Waals surface area (Å²) in [4.78, 5) is 15.8. The van der Waals surface area contributed by atoms with E-state index in [9.17, 15) is 4.79 Å². The molecule has 1 atom stereocenters. The molecule has 0 spiro atoms. The highest BCUT2D eigenvalue weighted by Crippen LogP contribution is 2.27. The molecule has 0 aliphatic heterocycles. The minimum absolute atomic E-state index is 0.226. The molecule has 0 radical (unpaired) electrons. The summed E-state index contributed by atoms with van der Waals surface area (Å²) >= 11 is 0. The average molecular weight is 263 g/mol. The second-order valence-electron chi connectivity index (χ2n) is 5.07. The average Bonchev–Trinajstić information content (AvgIpc) is 2.42. The van der Waals surface area contributed by atoms with Crippen LogP contribution in [-0.2, 0) is 4.79 Å². The van der Waals surface area contributed by atoms with Crippen LogP contribution in [0.1, 0.15) is 64.0 Å². The summed E-state index contributed by atoms with van der Waals surface area (Å²) in [5.41, 5.74) is 0.978. The summed E-state index contributed by atoms with van der Waals surface area (Å²) in [6, 6.07) is 3.79. The Morgan fingerprint density at radius 2 is 2.16 bits per heavy atom. The lowest BCUT2D eigenvalue weighted by Gasteiger charge is -2.15. The van der Waals surface area contributed by atoms with Gasteiger partial charge in [-0.1, -0.05) is 32.6 Å². The molecule has 1 aromatic heterocycles. The zero-order chi connectivity index (χ0) is 14.1. The van der Waals surface area contributed by atoms with Crippen molar-refractivity contribution in [3.63, 3.8) is 0 Å². The van der Waals surface area contributed by atoms with Crippen molar-refractivity contribution in [3.05, 3.63) is 24.0 Å². The first-order valence-corrected chi connectivity index (χ1v) is 7.16. The van der Waals surface area contributed by atoms with Gasteiger partial charge in [0.25, 0.3) is 0 Å². The maximum absolute atomic E-state index is 11.4. The molecule has 0 aliphatic carbocycles. The van der Waals surface area contributed by atoms with E-state index in [-0.39, 0.29) is 11.7 Å². The van der Waals surface area contributed by atoms with Crippen molar-refractivity contribution >= 4 is 5.78 Å². The van der Waals surface area contributed by atoms with Gasteiger partial charge in [-0.05, 0) is 19.4 Å². The number of hydrogen-bond donors (Lipinski definition) is 0. The van der Waals surface area contributed by atoms with E-state index in [1.165, 1.54) is 19.3 Å². The van der Waals surface area contributed by atoms with Gasteiger partial charge in [-0.25, -0.2) is 0 Å². The minimum Gasteiger partial charge on any atom is -0.497 e. The van der Waals surface area contributed by atoms with E-state index in [0.29, 0.717) is 6.42 Å². The minimum atomic E-state index is 0.226. The molecule has 19 heavy (non-hydrogen) atoms. The number of ketones is 1. The first kappa shape index (κ1) is 15.7. The van der Waals surface area contributed by atoms with Crippen LogP contribution in [0.3, 0.4) is 0 Å². The zero-order valence-corrected chi connectivity index (χ0v) is 12.3. The SMILES string of the molecule is CCCCCCC(CC(C)=O)c1cc(OC)ccn1. The highest BCUT2D eigenvalue weighted by Gasteiger charge is 2.15. The first-order valence-electron chi connectivity index (χ1n) is 7.16. The van der Waals surface area contributed by atoms with Gasteiger partial charge in [0.2, 0.25) is 0 Å². The molecule has 0 saturated heterocycles. The number of aromatic nitrogens is 1. The molecule has 106 valence electrons. The number of Topliss-reactive ketones (excluding diaryl/α,β-unsaturated/α-hetero) is 1. The molecule has 1 rings (SSSR count). The number of methoxy groups -OCH3 is 1. The second-order valence-corrected chi connectivity index (χ2v) is 5.07. The van der Waals surface area contributed by atoms with Crippen LogP contribution in [0, 0.1) is 0 Å². The Labute approximate surface area is 116 Å². The molecule has 3 nitrogen and oxygen atoms in total. The van der Waals surface area contributed by atoms with Crippen molar-refractivity contribution < 1.29 is 9.53 Å². The van der Waals surface area contributed by atoms with E-state index in [1.54, 1.807) is 20.2 Å². The van der Waals surface area contributed by atoms with Crippen LogP contribution >= 0.6 is 0 Å². The summed E-state index contributed by atoms with van der Waals surface area (Å²) in [7, 11) is 1.65. The molecule has 0 N–H and O–H groups in total. The lowest BCUT2D eigenvalue weighted by Crippen LogP contribution is -2.07. The molecular weight excluding hydrogens is 238 g/mol. The lowest BCUT2D eigenvalue weighted by molar-refractivity contribution is -0.117. The van der Waals surface area contributed by atoms with Crippen molar-refractivity contribution in [1.82, 2.24) is 4.98 Å². The predicted molar refractivity (Wildman–Crippen MR) is 77.6 cm³/mol. The fourth-order valence-electron chi connectivity index (χ4n) is 2.30. The van der Waals surface area contributed by atoms with Gasteiger partial charge in [0.1, 0.15) is 11.5 Å². The van der Waals surface area contributed by atoms with Crippen molar-refractivity contribution in [2.45, 2.75) is 58.3 Å². The molecule has 1 unspecified atom stereocenters. The van der Waals surface area contributed by atoms with Crippen LogP contribution in [0.5, 0.6) is 5.75 Å².